The molecule has 0 bridgehead atoms. The molecule has 7 heteroatoms. The van der Waals surface area contributed by atoms with Crippen LogP contribution in [0.1, 0.15) is 57.4 Å². The van der Waals surface area contributed by atoms with Crippen LogP contribution in [0.4, 0.5) is 11.6 Å². The number of carbonyl (C=O) groups excluding carboxylic acids is 1. The molecule has 1 fully saturated rings. The summed E-state index contributed by atoms with van der Waals surface area (Å²) in [6.45, 7) is 5.12. The number of amides is 1. The summed E-state index contributed by atoms with van der Waals surface area (Å²) in [4.78, 5) is 22.8. The summed E-state index contributed by atoms with van der Waals surface area (Å²) in [6, 6.07) is 0.275. The average Bonchev–Trinajstić information content (AvgIpc) is 2.96. The third-order valence-corrected chi connectivity index (χ3v) is 5.20. The number of aromatic nitrogens is 2. The van der Waals surface area contributed by atoms with Gasteiger partial charge in [-0.25, -0.2) is 0 Å². The van der Waals surface area contributed by atoms with Crippen LogP contribution in [0.2, 0.25) is 0 Å². The quantitative estimate of drug-likeness (QED) is 0.679. The second-order valence-electron chi connectivity index (χ2n) is 7.17. The molecule has 1 saturated heterocycles. The van der Waals surface area contributed by atoms with Gasteiger partial charge in [-0.1, -0.05) is 26.2 Å². The van der Waals surface area contributed by atoms with Gasteiger partial charge in [-0.05, 0) is 31.6 Å². The maximum absolute atomic E-state index is 12.4. The minimum Gasteiger partial charge on any atom is -0.463 e. The highest BCUT2D eigenvalue weighted by Gasteiger charge is 2.31. The van der Waals surface area contributed by atoms with Crippen LogP contribution in [-0.2, 0) is 16.0 Å². The van der Waals surface area contributed by atoms with E-state index in [-0.39, 0.29) is 18.3 Å². The molecule has 2 aliphatic heterocycles. The highest BCUT2D eigenvalue weighted by atomic mass is 16.5. The number of carbonyl (C=O) groups is 1. The van der Waals surface area contributed by atoms with Gasteiger partial charge in [0.15, 0.2) is 0 Å². The van der Waals surface area contributed by atoms with Gasteiger partial charge in [0.2, 0.25) is 5.91 Å². The molecule has 0 saturated carbocycles. The number of anilines is 2. The first-order chi connectivity index (χ1) is 12.7. The van der Waals surface area contributed by atoms with Crippen molar-refractivity contribution in [2.45, 2.75) is 58.3 Å². The summed E-state index contributed by atoms with van der Waals surface area (Å²) in [5.41, 5.74) is 6.77. The maximum Gasteiger partial charge on any atom is 0.320 e. The number of hydrogen-bond acceptors (Lipinski definition) is 6. The number of ether oxygens (including phenoxy) is 2. The standard InChI is InChI=1S/C19H30N4O3/c1-2-3-10-26-19-21-17(20)15-13-16(24)23(18(15)22-19)9-5-4-6-14-7-11-25-12-8-14/h14H,2-13H2,1H3,(H2,20,21,22). The van der Waals surface area contributed by atoms with Crippen molar-refractivity contribution < 1.29 is 14.3 Å². The van der Waals surface area contributed by atoms with Gasteiger partial charge in [0.1, 0.15) is 11.6 Å². The van der Waals surface area contributed by atoms with Crippen LogP contribution in [-0.4, -0.2) is 42.2 Å². The molecule has 2 N–H and O–H groups in total. The molecule has 7 nitrogen and oxygen atoms in total. The molecule has 3 rings (SSSR count). The van der Waals surface area contributed by atoms with Gasteiger partial charge in [0.05, 0.1) is 13.0 Å². The van der Waals surface area contributed by atoms with Gasteiger partial charge >= 0.3 is 6.01 Å². The van der Waals surface area contributed by atoms with Crippen molar-refractivity contribution in [3.05, 3.63) is 5.56 Å². The molecule has 0 unspecified atom stereocenters. The molecule has 26 heavy (non-hydrogen) atoms. The number of unbranched alkanes of at least 4 members (excludes halogenated alkanes) is 2. The van der Waals surface area contributed by atoms with Gasteiger partial charge in [0.25, 0.3) is 0 Å². The van der Waals surface area contributed by atoms with E-state index in [2.05, 4.69) is 16.9 Å². The zero-order valence-electron chi connectivity index (χ0n) is 15.7. The van der Waals surface area contributed by atoms with Crippen LogP contribution in [0, 0.1) is 5.92 Å². The van der Waals surface area contributed by atoms with E-state index >= 15 is 0 Å². The SMILES string of the molecule is CCCCOc1nc(N)c2c(n1)N(CCCCC1CCOCC1)C(=O)C2. The lowest BCUT2D eigenvalue weighted by Crippen LogP contribution is -2.28. The van der Waals surface area contributed by atoms with E-state index in [1.165, 1.54) is 6.42 Å². The van der Waals surface area contributed by atoms with Crippen molar-refractivity contribution in [3.63, 3.8) is 0 Å². The van der Waals surface area contributed by atoms with Crippen LogP contribution in [0.25, 0.3) is 0 Å². The van der Waals surface area contributed by atoms with Crippen LogP contribution >= 0.6 is 0 Å². The Morgan fingerprint density at radius 1 is 1.23 bits per heavy atom. The van der Waals surface area contributed by atoms with Crippen molar-refractivity contribution in [2.24, 2.45) is 5.92 Å². The highest BCUT2D eigenvalue weighted by molar-refractivity contribution is 6.01. The fraction of sp³-hybridized carbons (Fsp3) is 0.737. The summed E-state index contributed by atoms with van der Waals surface area (Å²) in [6.07, 6.45) is 7.88. The first kappa shape index (κ1) is 18.9. The van der Waals surface area contributed by atoms with E-state index in [0.717, 1.165) is 63.2 Å². The van der Waals surface area contributed by atoms with E-state index in [1.54, 1.807) is 4.90 Å². The number of fused-ring (bicyclic) bond motifs is 1. The van der Waals surface area contributed by atoms with Crippen molar-refractivity contribution in [1.82, 2.24) is 9.97 Å². The predicted molar refractivity (Wildman–Crippen MR) is 100 cm³/mol. The average molecular weight is 362 g/mol. The van der Waals surface area contributed by atoms with Crippen LogP contribution in [0.3, 0.4) is 0 Å². The van der Waals surface area contributed by atoms with Gasteiger partial charge in [-0.2, -0.15) is 9.97 Å². The molecule has 2 aliphatic rings. The van der Waals surface area contributed by atoms with E-state index in [4.69, 9.17) is 15.2 Å². The van der Waals surface area contributed by atoms with Crippen LogP contribution in [0.5, 0.6) is 6.01 Å². The molecular weight excluding hydrogens is 332 g/mol. The molecule has 0 aromatic carbocycles. The van der Waals surface area contributed by atoms with Crippen LogP contribution < -0.4 is 15.4 Å². The molecular formula is C19H30N4O3. The summed E-state index contributed by atoms with van der Waals surface area (Å²) in [5, 5.41) is 0. The number of rotatable bonds is 9. The number of hydrogen-bond donors (Lipinski definition) is 1. The molecule has 0 aliphatic carbocycles. The van der Waals surface area contributed by atoms with Crippen molar-refractivity contribution in [3.8, 4) is 6.01 Å². The monoisotopic (exact) mass is 362 g/mol. The molecule has 0 spiro atoms. The van der Waals surface area contributed by atoms with E-state index in [0.29, 0.717) is 24.8 Å². The fourth-order valence-corrected chi connectivity index (χ4v) is 3.57. The second-order valence-corrected chi connectivity index (χ2v) is 7.17. The van der Waals surface area contributed by atoms with Crippen molar-refractivity contribution in [2.75, 3.05) is 37.0 Å². The second kappa shape index (κ2) is 9.16. The minimum atomic E-state index is 0.0535. The zero-order chi connectivity index (χ0) is 18.4. The van der Waals surface area contributed by atoms with E-state index in [1.807, 2.05) is 0 Å². The van der Waals surface area contributed by atoms with Gasteiger partial charge in [-0.3, -0.25) is 9.69 Å². The smallest absolute Gasteiger partial charge is 0.320 e. The van der Waals surface area contributed by atoms with Crippen molar-refractivity contribution in [1.29, 1.82) is 0 Å². The summed E-state index contributed by atoms with van der Waals surface area (Å²) >= 11 is 0. The topological polar surface area (TPSA) is 90.6 Å². The third kappa shape index (κ3) is 4.63. The minimum absolute atomic E-state index is 0.0535. The molecule has 0 atom stereocenters. The Balaban J connectivity index is 1.56. The molecule has 1 aromatic rings. The molecule has 1 aromatic heterocycles. The lowest BCUT2D eigenvalue weighted by atomic mass is 9.94. The Labute approximate surface area is 155 Å². The van der Waals surface area contributed by atoms with Gasteiger partial charge in [0, 0.05) is 25.3 Å². The molecule has 3 heterocycles. The van der Waals surface area contributed by atoms with Gasteiger partial charge < -0.3 is 15.2 Å². The van der Waals surface area contributed by atoms with Crippen LogP contribution in [0.15, 0.2) is 0 Å². The van der Waals surface area contributed by atoms with E-state index in [9.17, 15) is 4.79 Å². The maximum atomic E-state index is 12.4. The number of nitrogen functional groups attached to an aromatic ring is 1. The Hall–Kier alpha value is -1.89. The lowest BCUT2D eigenvalue weighted by Gasteiger charge is -2.22. The number of nitrogens with two attached hydrogens (primary N) is 1. The van der Waals surface area contributed by atoms with E-state index < -0.39 is 0 Å². The number of nitrogens with zero attached hydrogens (tertiary/aromatic N) is 3. The zero-order valence-corrected chi connectivity index (χ0v) is 15.7. The summed E-state index contributed by atoms with van der Waals surface area (Å²) < 4.78 is 11.0. The molecule has 144 valence electrons. The Morgan fingerprint density at radius 3 is 2.81 bits per heavy atom. The molecule has 0 radical (unpaired) electrons. The summed E-state index contributed by atoms with van der Waals surface area (Å²) in [7, 11) is 0. The Bertz CT molecular complexity index is 617. The Morgan fingerprint density at radius 2 is 2.04 bits per heavy atom. The van der Waals surface area contributed by atoms with Gasteiger partial charge in [-0.15, -0.1) is 0 Å². The first-order valence-corrected chi connectivity index (χ1v) is 9.86. The largest absolute Gasteiger partial charge is 0.463 e. The Kier molecular flexibility index (Phi) is 6.66. The third-order valence-electron chi connectivity index (χ3n) is 5.20. The fourth-order valence-electron chi connectivity index (χ4n) is 3.57. The first-order valence-electron chi connectivity index (χ1n) is 9.86. The van der Waals surface area contributed by atoms with Crippen molar-refractivity contribution >= 4 is 17.5 Å². The lowest BCUT2D eigenvalue weighted by molar-refractivity contribution is -0.117. The highest BCUT2D eigenvalue weighted by Crippen LogP contribution is 2.32. The summed E-state index contributed by atoms with van der Waals surface area (Å²) in [5.74, 6) is 1.82. The predicted octanol–water partition coefficient (Wildman–Crippen LogP) is 2.72. The normalized spacial score (nSPS) is 17.6. The molecule has 1 amide bonds.